The van der Waals surface area contributed by atoms with E-state index in [1.807, 2.05) is 25.1 Å². The topological polar surface area (TPSA) is 54.9 Å². The predicted octanol–water partition coefficient (Wildman–Crippen LogP) is 3.07. The first-order chi connectivity index (χ1) is 10.6. The Bertz CT molecular complexity index is 512. The van der Waals surface area contributed by atoms with Crippen LogP contribution in [-0.4, -0.2) is 37.7 Å². The molecule has 0 saturated heterocycles. The smallest absolute Gasteiger partial charge is 0.187 e. The lowest BCUT2D eigenvalue weighted by Crippen LogP contribution is -2.40. The molecule has 1 aromatic rings. The second kappa shape index (κ2) is 10.5. The number of hydrazone groups is 1. The van der Waals surface area contributed by atoms with Gasteiger partial charge in [-0.15, -0.1) is 0 Å². The fourth-order valence-electron chi connectivity index (χ4n) is 1.67. The van der Waals surface area contributed by atoms with Crippen molar-refractivity contribution in [3.8, 4) is 5.75 Å². The molecule has 0 aliphatic carbocycles. The highest BCUT2D eigenvalue weighted by Gasteiger charge is 2.04. The minimum Gasteiger partial charge on any atom is -0.493 e. The van der Waals surface area contributed by atoms with E-state index >= 15 is 0 Å². The third kappa shape index (κ3) is 7.20. The van der Waals surface area contributed by atoms with Gasteiger partial charge in [0.05, 0.1) is 19.4 Å². The molecular weight excluding hydrogens is 366 g/mol. The highest BCUT2D eigenvalue weighted by molar-refractivity contribution is 9.10. The molecule has 0 unspecified atom stereocenters. The van der Waals surface area contributed by atoms with Crippen LogP contribution in [0.5, 0.6) is 5.75 Å². The van der Waals surface area contributed by atoms with Crippen LogP contribution in [0.1, 0.15) is 25.8 Å². The molecule has 0 spiro atoms. The summed E-state index contributed by atoms with van der Waals surface area (Å²) in [5.74, 6) is 0.794. The van der Waals surface area contributed by atoms with E-state index in [1.54, 1.807) is 13.3 Å². The van der Waals surface area contributed by atoms with Gasteiger partial charge in [0.15, 0.2) is 5.11 Å². The summed E-state index contributed by atoms with van der Waals surface area (Å²) in [5, 5.41) is 7.66. The Kier molecular flexibility index (Phi) is 9.03. The fraction of sp³-hybridized carbons (Fsp3) is 0.467. The SMILES string of the molecule is CCCOc1ccc(Br)cc1/C=N\NC(=S)N[C@H](C)COC. The van der Waals surface area contributed by atoms with Crippen LogP contribution in [0.15, 0.2) is 27.8 Å². The molecule has 2 N–H and O–H groups in total. The number of hydrogen-bond donors (Lipinski definition) is 2. The Morgan fingerprint density at radius 2 is 2.27 bits per heavy atom. The Morgan fingerprint density at radius 1 is 1.50 bits per heavy atom. The Labute approximate surface area is 145 Å². The highest BCUT2D eigenvalue weighted by atomic mass is 79.9. The van der Waals surface area contributed by atoms with E-state index in [0.29, 0.717) is 18.3 Å². The zero-order valence-electron chi connectivity index (χ0n) is 13.1. The van der Waals surface area contributed by atoms with Crippen molar-refractivity contribution in [3.05, 3.63) is 28.2 Å². The van der Waals surface area contributed by atoms with Gasteiger partial charge in [-0.05, 0) is 43.8 Å². The first-order valence-corrected chi connectivity index (χ1v) is 8.27. The first-order valence-electron chi connectivity index (χ1n) is 7.07. The van der Waals surface area contributed by atoms with E-state index in [9.17, 15) is 0 Å². The zero-order valence-corrected chi connectivity index (χ0v) is 15.5. The molecule has 0 heterocycles. The molecule has 122 valence electrons. The lowest BCUT2D eigenvalue weighted by molar-refractivity contribution is 0.179. The molecule has 7 heteroatoms. The number of hydrogen-bond acceptors (Lipinski definition) is 4. The number of nitrogens with zero attached hydrogens (tertiary/aromatic N) is 1. The summed E-state index contributed by atoms with van der Waals surface area (Å²) in [7, 11) is 1.65. The minimum atomic E-state index is 0.120. The molecule has 0 radical (unpaired) electrons. The van der Waals surface area contributed by atoms with Crippen molar-refractivity contribution in [1.29, 1.82) is 0 Å². The van der Waals surface area contributed by atoms with Gasteiger partial charge in [0.25, 0.3) is 0 Å². The maximum Gasteiger partial charge on any atom is 0.187 e. The molecule has 0 saturated carbocycles. The predicted molar refractivity (Wildman–Crippen MR) is 97.7 cm³/mol. The number of ether oxygens (including phenoxy) is 2. The van der Waals surface area contributed by atoms with Crippen molar-refractivity contribution in [2.75, 3.05) is 20.3 Å². The third-order valence-corrected chi connectivity index (χ3v) is 3.30. The molecule has 0 fully saturated rings. The van der Waals surface area contributed by atoms with Crippen LogP contribution in [-0.2, 0) is 4.74 Å². The first kappa shape index (κ1) is 18.9. The van der Waals surface area contributed by atoms with Gasteiger partial charge < -0.3 is 14.8 Å². The monoisotopic (exact) mass is 387 g/mol. The van der Waals surface area contributed by atoms with Gasteiger partial charge in [-0.3, -0.25) is 5.43 Å². The van der Waals surface area contributed by atoms with Gasteiger partial charge in [0, 0.05) is 23.2 Å². The summed E-state index contributed by atoms with van der Waals surface area (Å²) in [4.78, 5) is 0. The van der Waals surface area contributed by atoms with Crippen molar-refractivity contribution >= 4 is 39.5 Å². The molecule has 5 nitrogen and oxygen atoms in total. The fourth-order valence-corrected chi connectivity index (χ4v) is 2.30. The Morgan fingerprint density at radius 3 is 2.95 bits per heavy atom. The molecule has 0 aromatic heterocycles. The van der Waals surface area contributed by atoms with Crippen molar-refractivity contribution in [2.24, 2.45) is 5.10 Å². The average molecular weight is 388 g/mol. The van der Waals surface area contributed by atoms with Crippen molar-refractivity contribution < 1.29 is 9.47 Å². The van der Waals surface area contributed by atoms with E-state index in [-0.39, 0.29) is 6.04 Å². The number of nitrogens with one attached hydrogen (secondary N) is 2. The molecule has 1 rings (SSSR count). The normalized spacial score (nSPS) is 12.2. The van der Waals surface area contributed by atoms with Crippen LogP contribution >= 0.6 is 28.1 Å². The van der Waals surface area contributed by atoms with Crippen LogP contribution in [0, 0.1) is 0 Å². The maximum atomic E-state index is 5.69. The number of rotatable bonds is 8. The van der Waals surface area contributed by atoms with E-state index in [0.717, 1.165) is 22.2 Å². The van der Waals surface area contributed by atoms with E-state index in [2.05, 4.69) is 38.7 Å². The van der Waals surface area contributed by atoms with Crippen molar-refractivity contribution in [1.82, 2.24) is 10.7 Å². The van der Waals surface area contributed by atoms with Crippen LogP contribution < -0.4 is 15.5 Å². The average Bonchev–Trinajstić information content (AvgIpc) is 2.46. The lowest BCUT2D eigenvalue weighted by Gasteiger charge is -2.14. The Balaban J connectivity index is 2.61. The quantitative estimate of drug-likeness (QED) is 0.407. The highest BCUT2D eigenvalue weighted by Crippen LogP contribution is 2.21. The summed E-state index contributed by atoms with van der Waals surface area (Å²) >= 11 is 8.60. The number of thiocarbonyl (C=S) groups is 1. The summed E-state index contributed by atoms with van der Waals surface area (Å²) in [6.45, 7) is 5.29. The number of benzene rings is 1. The number of methoxy groups -OCH3 is 1. The summed E-state index contributed by atoms with van der Waals surface area (Å²) in [5.41, 5.74) is 3.66. The molecule has 0 amide bonds. The number of halogens is 1. The second-order valence-corrected chi connectivity index (χ2v) is 6.05. The van der Waals surface area contributed by atoms with Gasteiger partial charge in [0.1, 0.15) is 5.75 Å². The molecule has 1 atom stereocenters. The van der Waals surface area contributed by atoms with Gasteiger partial charge in [0.2, 0.25) is 0 Å². The van der Waals surface area contributed by atoms with Crippen LogP contribution in [0.3, 0.4) is 0 Å². The van der Waals surface area contributed by atoms with Crippen LogP contribution in [0.25, 0.3) is 0 Å². The van der Waals surface area contributed by atoms with E-state index in [4.69, 9.17) is 21.7 Å². The molecule has 0 aliphatic heterocycles. The van der Waals surface area contributed by atoms with Crippen molar-refractivity contribution in [2.45, 2.75) is 26.3 Å². The van der Waals surface area contributed by atoms with Gasteiger partial charge in [-0.1, -0.05) is 22.9 Å². The second-order valence-electron chi connectivity index (χ2n) is 4.73. The summed E-state index contributed by atoms with van der Waals surface area (Å²) in [6, 6.07) is 5.92. The molecule has 1 aromatic carbocycles. The van der Waals surface area contributed by atoms with Crippen LogP contribution in [0.2, 0.25) is 0 Å². The van der Waals surface area contributed by atoms with Gasteiger partial charge >= 0.3 is 0 Å². The lowest BCUT2D eigenvalue weighted by atomic mass is 10.2. The summed E-state index contributed by atoms with van der Waals surface area (Å²) < 4.78 is 11.7. The third-order valence-electron chi connectivity index (χ3n) is 2.60. The molecule has 0 aliphatic rings. The molecule has 0 bridgehead atoms. The Hall–Kier alpha value is -1.18. The standard InChI is InChI=1S/C15H22BrN3O2S/c1-4-7-21-14-6-5-13(16)8-12(14)9-17-19-15(22)18-11(2)10-20-3/h5-6,8-9,11H,4,7,10H2,1-3H3,(H2,18,19,22)/b17-9-/t11-/m1/s1. The van der Waals surface area contributed by atoms with E-state index < -0.39 is 0 Å². The molecular formula is C15H22BrN3O2S. The van der Waals surface area contributed by atoms with Gasteiger partial charge in [-0.2, -0.15) is 5.10 Å². The minimum absolute atomic E-state index is 0.120. The van der Waals surface area contributed by atoms with Gasteiger partial charge in [-0.25, -0.2) is 0 Å². The largest absolute Gasteiger partial charge is 0.493 e. The maximum absolute atomic E-state index is 5.69. The summed E-state index contributed by atoms with van der Waals surface area (Å²) in [6.07, 6.45) is 2.64. The van der Waals surface area contributed by atoms with Crippen LogP contribution in [0.4, 0.5) is 0 Å². The van der Waals surface area contributed by atoms with Crippen molar-refractivity contribution in [3.63, 3.8) is 0 Å². The zero-order chi connectivity index (χ0) is 16.4. The van der Waals surface area contributed by atoms with E-state index in [1.165, 1.54) is 0 Å². The molecule has 22 heavy (non-hydrogen) atoms.